The van der Waals surface area contributed by atoms with Gasteiger partial charge in [-0.2, -0.15) is 0 Å². The first kappa shape index (κ1) is 15.4. The molecular formula is C15H13BrFNO3. The van der Waals surface area contributed by atoms with Crippen molar-refractivity contribution < 1.29 is 14.1 Å². The van der Waals surface area contributed by atoms with Crippen LogP contribution in [0.15, 0.2) is 34.8 Å². The number of halogens is 2. The lowest BCUT2D eigenvalue weighted by molar-refractivity contribution is -0.385. The number of hydrogen-bond donors (Lipinski definition) is 0. The maximum absolute atomic E-state index is 13.3. The second-order valence-corrected chi connectivity index (χ2v) is 5.64. The van der Waals surface area contributed by atoms with Crippen LogP contribution in [0.25, 0.3) is 0 Å². The fourth-order valence-electron chi connectivity index (χ4n) is 1.98. The Morgan fingerprint density at radius 2 is 1.90 bits per heavy atom. The number of aryl methyl sites for hydroxylation is 2. The molecule has 0 atom stereocenters. The molecule has 0 saturated heterocycles. The zero-order chi connectivity index (χ0) is 15.6. The van der Waals surface area contributed by atoms with Gasteiger partial charge >= 0.3 is 0 Å². The fourth-order valence-corrected chi connectivity index (χ4v) is 2.49. The van der Waals surface area contributed by atoms with Crippen molar-refractivity contribution in [3.63, 3.8) is 0 Å². The minimum absolute atomic E-state index is 0.0633. The first-order valence-corrected chi connectivity index (χ1v) is 6.99. The van der Waals surface area contributed by atoms with Crippen molar-refractivity contribution in [2.75, 3.05) is 0 Å². The molecule has 2 rings (SSSR count). The Balaban J connectivity index is 2.20. The van der Waals surface area contributed by atoms with E-state index in [0.717, 1.165) is 0 Å². The van der Waals surface area contributed by atoms with Gasteiger partial charge in [-0.05, 0) is 49.2 Å². The molecule has 0 saturated carbocycles. The van der Waals surface area contributed by atoms with E-state index in [0.29, 0.717) is 26.9 Å². The summed E-state index contributed by atoms with van der Waals surface area (Å²) >= 11 is 3.22. The van der Waals surface area contributed by atoms with E-state index in [1.165, 1.54) is 18.2 Å². The number of ether oxygens (including phenoxy) is 1. The summed E-state index contributed by atoms with van der Waals surface area (Å²) in [5.41, 5.74) is 1.94. The van der Waals surface area contributed by atoms with Gasteiger partial charge in [-0.25, -0.2) is 4.39 Å². The maximum atomic E-state index is 13.3. The second kappa shape index (κ2) is 6.22. The number of nitrogens with zero attached hydrogens (tertiary/aromatic N) is 1. The number of benzene rings is 2. The molecule has 6 heteroatoms. The monoisotopic (exact) mass is 353 g/mol. The number of hydrogen-bond acceptors (Lipinski definition) is 3. The standard InChI is InChI=1S/C15H13BrFNO3/c1-9-4-15(10(2)3-14(9)18(19)20)21-8-11-5-12(16)7-13(17)6-11/h3-7H,8H2,1-2H3. The van der Waals surface area contributed by atoms with Crippen molar-refractivity contribution in [2.24, 2.45) is 0 Å². The van der Waals surface area contributed by atoms with Gasteiger partial charge < -0.3 is 4.74 Å². The van der Waals surface area contributed by atoms with Gasteiger partial charge in [0.25, 0.3) is 5.69 Å². The predicted octanol–water partition coefficient (Wildman–Crippen LogP) is 4.69. The van der Waals surface area contributed by atoms with Gasteiger partial charge in [0, 0.05) is 16.1 Å². The lowest BCUT2D eigenvalue weighted by Gasteiger charge is -2.11. The molecule has 0 amide bonds. The van der Waals surface area contributed by atoms with E-state index in [4.69, 9.17) is 4.74 Å². The molecule has 0 fully saturated rings. The molecule has 0 radical (unpaired) electrons. The average Bonchev–Trinajstić information content (AvgIpc) is 2.38. The Morgan fingerprint density at radius 1 is 1.19 bits per heavy atom. The Labute approximate surface area is 129 Å². The molecule has 0 spiro atoms. The lowest BCUT2D eigenvalue weighted by atomic mass is 10.1. The predicted molar refractivity (Wildman–Crippen MR) is 81.0 cm³/mol. The van der Waals surface area contributed by atoms with Crippen LogP contribution < -0.4 is 4.74 Å². The third kappa shape index (κ3) is 3.78. The van der Waals surface area contributed by atoms with Crippen LogP contribution in [-0.2, 0) is 6.61 Å². The molecule has 0 aliphatic rings. The van der Waals surface area contributed by atoms with Crippen molar-refractivity contribution in [3.8, 4) is 5.75 Å². The van der Waals surface area contributed by atoms with E-state index in [-0.39, 0.29) is 18.1 Å². The van der Waals surface area contributed by atoms with Gasteiger partial charge in [0.2, 0.25) is 0 Å². The number of rotatable bonds is 4. The third-order valence-electron chi connectivity index (χ3n) is 3.01. The molecular weight excluding hydrogens is 341 g/mol. The molecule has 0 aliphatic carbocycles. The SMILES string of the molecule is Cc1cc([N+](=O)[O-])c(C)cc1OCc1cc(F)cc(Br)c1. The topological polar surface area (TPSA) is 52.4 Å². The Hall–Kier alpha value is -1.95. The third-order valence-corrected chi connectivity index (χ3v) is 3.46. The quantitative estimate of drug-likeness (QED) is 0.591. The first-order chi connectivity index (χ1) is 9.86. The molecule has 110 valence electrons. The van der Waals surface area contributed by atoms with Gasteiger partial charge in [0.05, 0.1) is 4.92 Å². The minimum atomic E-state index is -0.421. The van der Waals surface area contributed by atoms with Crippen LogP contribution in [0.5, 0.6) is 5.75 Å². The lowest BCUT2D eigenvalue weighted by Crippen LogP contribution is -2.00. The molecule has 21 heavy (non-hydrogen) atoms. The molecule has 0 unspecified atom stereocenters. The molecule has 0 N–H and O–H groups in total. The van der Waals surface area contributed by atoms with Gasteiger partial charge in [-0.1, -0.05) is 15.9 Å². The van der Waals surface area contributed by atoms with Crippen molar-refractivity contribution in [1.82, 2.24) is 0 Å². The van der Waals surface area contributed by atoms with E-state index in [9.17, 15) is 14.5 Å². The van der Waals surface area contributed by atoms with E-state index < -0.39 is 4.92 Å². The normalized spacial score (nSPS) is 10.5. The number of nitro benzene ring substituents is 1. The summed E-state index contributed by atoms with van der Waals surface area (Å²) < 4.78 is 19.6. The largest absolute Gasteiger partial charge is 0.489 e. The van der Waals surface area contributed by atoms with Crippen LogP contribution in [0.3, 0.4) is 0 Å². The summed E-state index contributed by atoms with van der Waals surface area (Å²) in [6, 6.07) is 7.62. The highest BCUT2D eigenvalue weighted by atomic mass is 79.9. The van der Waals surface area contributed by atoms with Crippen LogP contribution in [-0.4, -0.2) is 4.92 Å². The van der Waals surface area contributed by atoms with Gasteiger partial charge in [0.15, 0.2) is 0 Å². The summed E-state index contributed by atoms with van der Waals surface area (Å²) in [5, 5.41) is 10.9. The van der Waals surface area contributed by atoms with Gasteiger partial charge in [-0.15, -0.1) is 0 Å². The summed E-state index contributed by atoms with van der Waals surface area (Å²) in [6.45, 7) is 3.58. The molecule has 0 bridgehead atoms. The molecule has 2 aromatic rings. The molecule has 2 aromatic carbocycles. The summed E-state index contributed by atoms with van der Waals surface area (Å²) in [7, 11) is 0. The first-order valence-electron chi connectivity index (χ1n) is 6.20. The van der Waals surface area contributed by atoms with Gasteiger partial charge in [0.1, 0.15) is 18.2 Å². The van der Waals surface area contributed by atoms with E-state index in [1.807, 2.05) is 0 Å². The zero-order valence-electron chi connectivity index (χ0n) is 11.5. The molecule has 4 nitrogen and oxygen atoms in total. The molecule has 0 aromatic heterocycles. The average molecular weight is 354 g/mol. The van der Waals surface area contributed by atoms with Crippen LogP contribution in [0.4, 0.5) is 10.1 Å². The fraction of sp³-hybridized carbons (Fsp3) is 0.200. The van der Waals surface area contributed by atoms with E-state index in [2.05, 4.69) is 15.9 Å². The van der Waals surface area contributed by atoms with Crippen LogP contribution in [0, 0.1) is 29.8 Å². The van der Waals surface area contributed by atoms with Crippen LogP contribution in [0.2, 0.25) is 0 Å². The summed E-state index contributed by atoms with van der Waals surface area (Å²) in [5.74, 6) is 0.207. The van der Waals surface area contributed by atoms with Crippen LogP contribution >= 0.6 is 15.9 Å². The smallest absolute Gasteiger partial charge is 0.272 e. The Kier molecular flexibility index (Phi) is 4.57. The van der Waals surface area contributed by atoms with Crippen molar-refractivity contribution in [1.29, 1.82) is 0 Å². The van der Waals surface area contributed by atoms with E-state index >= 15 is 0 Å². The highest BCUT2D eigenvalue weighted by Crippen LogP contribution is 2.28. The highest BCUT2D eigenvalue weighted by molar-refractivity contribution is 9.10. The van der Waals surface area contributed by atoms with Gasteiger partial charge in [-0.3, -0.25) is 10.1 Å². The van der Waals surface area contributed by atoms with Crippen LogP contribution in [0.1, 0.15) is 16.7 Å². The van der Waals surface area contributed by atoms with Crippen molar-refractivity contribution in [3.05, 3.63) is 67.4 Å². The molecule has 0 heterocycles. The minimum Gasteiger partial charge on any atom is -0.489 e. The second-order valence-electron chi connectivity index (χ2n) is 4.73. The highest BCUT2D eigenvalue weighted by Gasteiger charge is 2.14. The zero-order valence-corrected chi connectivity index (χ0v) is 13.1. The van der Waals surface area contributed by atoms with E-state index in [1.54, 1.807) is 26.0 Å². The molecule has 0 aliphatic heterocycles. The van der Waals surface area contributed by atoms with Crippen molar-refractivity contribution in [2.45, 2.75) is 20.5 Å². The maximum Gasteiger partial charge on any atom is 0.272 e. The van der Waals surface area contributed by atoms with Crippen molar-refractivity contribution >= 4 is 21.6 Å². The summed E-state index contributed by atoms with van der Waals surface area (Å²) in [4.78, 5) is 10.4. The Bertz CT molecular complexity index is 683. The number of nitro groups is 1. The summed E-state index contributed by atoms with van der Waals surface area (Å²) in [6.07, 6.45) is 0. The Morgan fingerprint density at radius 3 is 2.52 bits per heavy atom.